The first-order valence-electron chi connectivity index (χ1n) is 0. The standard InChI is InChI=1S/2Na.S.Zn/q2*+1;-2;. The topological polar surface area (TPSA) is 0 Å². The predicted octanol–water partition coefficient (Wildman–Crippen LogP) is -6.00. The zero-order valence-corrected chi connectivity index (χ0v) is 10.9. The molecule has 0 radical (unpaired) electrons. The van der Waals surface area contributed by atoms with Crippen LogP contribution in [0, 0.1) is 0 Å². The Labute approximate surface area is 90.3 Å². The van der Waals surface area contributed by atoms with Gasteiger partial charge in [-0.15, -0.1) is 0 Å². The third-order valence-electron chi connectivity index (χ3n) is 0. The number of rotatable bonds is 0. The van der Waals surface area contributed by atoms with Crippen molar-refractivity contribution < 1.29 is 78.6 Å². The van der Waals surface area contributed by atoms with E-state index >= 15 is 0 Å². The summed E-state index contributed by atoms with van der Waals surface area (Å²) in [4.78, 5) is 0. The van der Waals surface area contributed by atoms with Gasteiger partial charge in [0, 0.05) is 19.5 Å². The van der Waals surface area contributed by atoms with Crippen LogP contribution in [0.2, 0.25) is 0 Å². The van der Waals surface area contributed by atoms with E-state index in [1.54, 1.807) is 0 Å². The van der Waals surface area contributed by atoms with E-state index in [9.17, 15) is 0 Å². The van der Waals surface area contributed by atoms with Gasteiger partial charge in [-0.25, -0.2) is 0 Å². The maximum absolute atomic E-state index is 0. The Morgan fingerprint density at radius 3 is 0.750 bits per heavy atom. The second-order valence-corrected chi connectivity index (χ2v) is 0. The van der Waals surface area contributed by atoms with Gasteiger partial charge in [0.2, 0.25) is 0 Å². The Balaban J connectivity index is 0. The molecule has 0 atom stereocenters. The van der Waals surface area contributed by atoms with Crippen LogP contribution in [0.4, 0.5) is 0 Å². The molecule has 0 amide bonds. The predicted molar refractivity (Wildman–Crippen MR) is 7.37 cm³/mol. The summed E-state index contributed by atoms with van der Waals surface area (Å²) in [7, 11) is 0. The summed E-state index contributed by atoms with van der Waals surface area (Å²) >= 11 is 0. The van der Waals surface area contributed by atoms with Gasteiger partial charge in [-0.1, -0.05) is 0 Å². The summed E-state index contributed by atoms with van der Waals surface area (Å²) in [5.41, 5.74) is 0. The van der Waals surface area contributed by atoms with Crippen LogP contribution in [0.15, 0.2) is 0 Å². The molecule has 0 N–H and O–H groups in total. The van der Waals surface area contributed by atoms with Crippen molar-refractivity contribution >= 4 is 13.5 Å². The van der Waals surface area contributed by atoms with Crippen LogP contribution < -0.4 is 59.1 Å². The Bertz CT molecular complexity index is 6.00. The van der Waals surface area contributed by atoms with Gasteiger partial charge in [-0.05, 0) is 0 Å². The fraction of sp³-hybridized carbons (Fsp3) is 0. The minimum Gasteiger partial charge on any atom is -2.00 e. The van der Waals surface area contributed by atoms with Crippen molar-refractivity contribution in [3.63, 3.8) is 0 Å². The molecule has 0 bridgehead atoms. The fourth-order valence-electron chi connectivity index (χ4n) is 0. The van der Waals surface area contributed by atoms with E-state index in [-0.39, 0.29) is 92.1 Å². The minimum atomic E-state index is 0. The zero-order chi connectivity index (χ0) is 0. The van der Waals surface area contributed by atoms with Crippen molar-refractivity contribution in [2.75, 3.05) is 0 Å². The van der Waals surface area contributed by atoms with Gasteiger partial charge in [0.1, 0.15) is 0 Å². The van der Waals surface area contributed by atoms with E-state index in [2.05, 4.69) is 0 Å². The molecule has 0 spiro atoms. The maximum atomic E-state index is 0. The molecule has 4 heavy (non-hydrogen) atoms. The monoisotopic (exact) mass is 142 g/mol. The normalized spacial score (nSPS) is 0. The summed E-state index contributed by atoms with van der Waals surface area (Å²) < 4.78 is 0. The molecule has 0 aliphatic heterocycles. The quantitative estimate of drug-likeness (QED) is 0.296. The van der Waals surface area contributed by atoms with Crippen molar-refractivity contribution in [1.82, 2.24) is 0 Å². The molecular formula is Na2SZn. The largest absolute Gasteiger partial charge is 2.00 e. The third kappa shape index (κ3) is 8.88. The molecule has 0 nitrogen and oxygen atoms in total. The molecule has 0 aromatic heterocycles. The summed E-state index contributed by atoms with van der Waals surface area (Å²) in [5, 5.41) is 0. The van der Waals surface area contributed by atoms with Crippen LogP contribution in [0.5, 0.6) is 0 Å². The van der Waals surface area contributed by atoms with Crippen molar-refractivity contribution in [2.24, 2.45) is 0 Å². The molecule has 0 saturated carbocycles. The van der Waals surface area contributed by atoms with Gasteiger partial charge in [-0.2, -0.15) is 0 Å². The number of hydrogen-bond acceptors (Lipinski definition) is 0. The Kier molecular flexibility index (Phi) is 118. The Morgan fingerprint density at radius 1 is 0.750 bits per heavy atom. The average molecular weight is 143 g/mol. The van der Waals surface area contributed by atoms with Gasteiger partial charge in [-0.3, -0.25) is 0 Å². The van der Waals surface area contributed by atoms with E-state index in [1.165, 1.54) is 0 Å². The van der Waals surface area contributed by atoms with Gasteiger partial charge >= 0.3 is 59.1 Å². The Hall–Kier alpha value is 2.97. The SMILES string of the molecule is [Na+].[Na+].[S-2].[Zn]. The second-order valence-electron chi connectivity index (χ2n) is 0. The molecule has 0 fully saturated rings. The van der Waals surface area contributed by atoms with E-state index in [0.29, 0.717) is 0 Å². The van der Waals surface area contributed by atoms with Crippen LogP contribution in [-0.4, -0.2) is 0 Å². The summed E-state index contributed by atoms with van der Waals surface area (Å²) in [6.07, 6.45) is 0. The second kappa shape index (κ2) is 16.7. The van der Waals surface area contributed by atoms with Crippen LogP contribution >= 0.6 is 0 Å². The first kappa shape index (κ1) is 28.1. The van der Waals surface area contributed by atoms with E-state index in [1.807, 2.05) is 0 Å². The van der Waals surface area contributed by atoms with Crippen molar-refractivity contribution in [2.45, 2.75) is 0 Å². The number of hydrogen-bond donors (Lipinski definition) is 0. The molecule has 0 aromatic carbocycles. The molecule has 10 valence electrons. The average Bonchev–Trinajstić information content (AvgIpc) is 0. The minimum absolute atomic E-state index is 0. The molecule has 0 aliphatic rings. The van der Waals surface area contributed by atoms with Crippen molar-refractivity contribution in [3.8, 4) is 0 Å². The molecular weight excluding hydrogens is 143 g/mol. The molecule has 0 saturated heterocycles. The molecule has 0 aromatic rings. The summed E-state index contributed by atoms with van der Waals surface area (Å²) in [6, 6.07) is 0. The van der Waals surface area contributed by atoms with Crippen LogP contribution in [0.1, 0.15) is 0 Å². The van der Waals surface area contributed by atoms with Gasteiger partial charge in [0.25, 0.3) is 0 Å². The molecule has 0 rings (SSSR count). The van der Waals surface area contributed by atoms with E-state index in [4.69, 9.17) is 0 Å². The first-order chi connectivity index (χ1) is 0. The van der Waals surface area contributed by atoms with Crippen molar-refractivity contribution in [3.05, 3.63) is 0 Å². The molecule has 4 heteroatoms. The van der Waals surface area contributed by atoms with Gasteiger partial charge in [0.05, 0.1) is 0 Å². The molecule has 0 aliphatic carbocycles. The van der Waals surface area contributed by atoms with Crippen molar-refractivity contribution in [1.29, 1.82) is 0 Å². The smallest absolute Gasteiger partial charge is 1.00 e. The molecule has 0 heterocycles. The van der Waals surface area contributed by atoms with Crippen LogP contribution in [-0.2, 0) is 33.0 Å². The fourth-order valence-corrected chi connectivity index (χ4v) is 0. The molecule has 0 unspecified atom stereocenters. The summed E-state index contributed by atoms with van der Waals surface area (Å²) in [6.45, 7) is 0. The summed E-state index contributed by atoms with van der Waals surface area (Å²) in [5.74, 6) is 0. The first-order valence-corrected chi connectivity index (χ1v) is 0. The third-order valence-corrected chi connectivity index (χ3v) is 0. The van der Waals surface area contributed by atoms with Gasteiger partial charge in [0.15, 0.2) is 0 Å². The zero-order valence-electron chi connectivity index (χ0n) is 3.12. The Morgan fingerprint density at radius 2 is 0.750 bits per heavy atom. The maximum Gasteiger partial charge on any atom is 1.00 e. The van der Waals surface area contributed by atoms with E-state index < -0.39 is 0 Å². The van der Waals surface area contributed by atoms with Crippen LogP contribution in [0.3, 0.4) is 0 Å². The van der Waals surface area contributed by atoms with E-state index in [0.717, 1.165) is 0 Å². The van der Waals surface area contributed by atoms with Gasteiger partial charge < -0.3 is 13.5 Å². The van der Waals surface area contributed by atoms with Crippen LogP contribution in [0.25, 0.3) is 0 Å².